The highest BCUT2D eigenvalue weighted by molar-refractivity contribution is 6.13. The molecule has 2 heterocycles. The summed E-state index contributed by atoms with van der Waals surface area (Å²) in [5, 5.41) is 3.78. The highest BCUT2D eigenvalue weighted by Gasteiger charge is 2.14. The van der Waals surface area contributed by atoms with Crippen LogP contribution in [0.3, 0.4) is 0 Å². The molecule has 34 heavy (non-hydrogen) atoms. The first-order valence-corrected chi connectivity index (χ1v) is 11.6. The summed E-state index contributed by atoms with van der Waals surface area (Å²) in [6.07, 6.45) is 2.18. The molecule has 0 aliphatic rings. The van der Waals surface area contributed by atoms with Crippen LogP contribution in [0.4, 0.5) is 0 Å². The first-order valence-electron chi connectivity index (χ1n) is 11.6. The lowest BCUT2D eigenvalue weighted by Gasteiger charge is -2.09. The van der Waals surface area contributed by atoms with Gasteiger partial charge in [-0.05, 0) is 59.7 Å². The molecule has 0 aliphatic carbocycles. The van der Waals surface area contributed by atoms with Crippen molar-refractivity contribution in [3.63, 3.8) is 0 Å². The van der Waals surface area contributed by atoms with Crippen molar-refractivity contribution in [2.24, 2.45) is 0 Å². The molecule has 0 aliphatic heterocycles. The van der Waals surface area contributed by atoms with Crippen molar-refractivity contribution in [3.05, 3.63) is 134 Å². The molecule has 0 N–H and O–H groups in total. The molecule has 0 spiro atoms. The van der Waals surface area contributed by atoms with Crippen molar-refractivity contribution >= 4 is 32.7 Å². The second-order valence-electron chi connectivity index (χ2n) is 8.71. The normalized spacial score (nSPS) is 11.5. The molecule has 0 atom stereocenters. The Morgan fingerprint density at radius 1 is 0.412 bits per heavy atom. The predicted molar refractivity (Wildman–Crippen MR) is 143 cm³/mol. The zero-order valence-electron chi connectivity index (χ0n) is 18.6. The second kappa shape index (κ2) is 7.50. The monoisotopic (exact) mass is 434 g/mol. The van der Waals surface area contributed by atoms with Crippen molar-refractivity contribution < 1.29 is 0 Å². The molecule has 0 fully saturated rings. The number of aromatic nitrogens is 2. The third-order valence-electron chi connectivity index (χ3n) is 6.75. The van der Waals surface area contributed by atoms with Crippen LogP contribution in [-0.2, 0) is 0 Å². The highest BCUT2D eigenvalue weighted by atomic mass is 15.0. The molecule has 2 heteroatoms. The molecule has 160 valence electrons. The fourth-order valence-corrected chi connectivity index (χ4v) is 5.12. The lowest BCUT2D eigenvalue weighted by atomic mass is 10.1. The number of rotatable bonds is 3. The van der Waals surface area contributed by atoms with Crippen LogP contribution in [0.15, 0.2) is 134 Å². The third-order valence-corrected chi connectivity index (χ3v) is 6.75. The van der Waals surface area contributed by atoms with Gasteiger partial charge in [0.2, 0.25) is 0 Å². The number of fused-ring (bicyclic) bond motifs is 4. The molecule has 0 saturated heterocycles. The molecule has 7 rings (SSSR count). The van der Waals surface area contributed by atoms with Crippen molar-refractivity contribution in [2.45, 2.75) is 0 Å². The van der Waals surface area contributed by atoms with Crippen molar-refractivity contribution in [3.8, 4) is 22.5 Å². The van der Waals surface area contributed by atoms with E-state index >= 15 is 0 Å². The zero-order valence-corrected chi connectivity index (χ0v) is 18.6. The van der Waals surface area contributed by atoms with Gasteiger partial charge in [-0.3, -0.25) is 0 Å². The van der Waals surface area contributed by atoms with Gasteiger partial charge in [-0.1, -0.05) is 78.9 Å². The smallest absolute Gasteiger partial charge is 0.0548 e. The van der Waals surface area contributed by atoms with Crippen LogP contribution in [0.25, 0.3) is 55.2 Å². The molecular weight excluding hydrogens is 412 g/mol. The van der Waals surface area contributed by atoms with E-state index in [1.807, 2.05) is 0 Å². The number of benzene rings is 5. The van der Waals surface area contributed by atoms with Gasteiger partial charge >= 0.3 is 0 Å². The molecular formula is C32H22N2. The molecule has 0 radical (unpaired) electrons. The Labute approximate surface area is 197 Å². The van der Waals surface area contributed by atoms with Crippen LogP contribution < -0.4 is 0 Å². The molecule has 2 nitrogen and oxygen atoms in total. The SMILES string of the molecule is c1ccc(-c2ccc(-n3ccc4cc5c(cc43)c3ccccc3n5-c3ccccc3)cc2)cc1. The molecule has 0 saturated carbocycles. The molecule has 0 unspecified atom stereocenters. The predicted octanol–water partition coefficient (Wildman–Crippen LogP) is 8.39. The summed E-state index contributed by atoms with van der Waals surface area (Å²) in [5.41, 5.74) is 8.50. The van der Waals surface area contributed by atoms with E-state index in [1.54, 1.807) is 0 Å². The Balaban J connectivity index is 1.43. The minimum atomic E-state index is 1.17. The first kappa shape index (κ1) is 19.0. The van der Waals surface area contributed by atoms with Crippen LogP contribution in [-0.4, -0.2) is 9.13 Å². The van der Waals surface area contributed by atoms with Gasteiger partial charge < -0.3 is 9.13 Å². The minimum absolute atomic E-state index is 1.17. The van der Waals surface area contributed by atoms with Gasteiger partial charge in [0.1, 0.15) is 0 Å². The average Bonchev–Trinajstić information content (AvgIpc) is 3.47. The molecule has 2 aromatic heterocycles. The largest absolute Gasteiger partial charge is 0.317 e. The van der Waals surface area contributed by atoms with Crippen LogP contribution in [0.5, 0.6) is 0 Å². The van der Waals surface area contributed by atoms with Crippen LogP contribution in [0.2, 0.25) is 0 Å². The Bertz CT molecular complexity index is 1770. The van der Waals surface area contributed by atoms with E-state index in [0.29, 0.717) is 0 Å². The Kier molecular flexibility index (Phi) is 4.18. The summed E-state index contributed by atoms with van der Waals surface area (Å²) in [7, 11) is 0. The summed E-state index contributed by atoms with van der Waals surface area (Å²) in [6, 6.07) is 45.5. The fraction of sp³-hybridized carbons (Fsp3) is 0. The van der Waals surface area contributed by atoms with Gasteiger partial charge in [-0.2, -0.15) is 0 Å². The molecule has 0 amide bonds. The maximum absolute atomic E-state index is 2.37. The van der Waals surface area contributed by atoms with Gasteiger partial charge in [0.05, 0.1) is 16.6 Å². The molecule has 0 bridgehead atoms. The van der Waals surface area contributed by atoms with Gasteiger partial charge in [0, 0.05) is 33.7 Å². The standard InChI is InChI=1S/C32H22N2/c1-3-9-23(10-4-1)24-15-17-26(18-16-24)33-20-19-25-21-32-29(22-31(25)33)28-13-7-8-14-30(28)34(32)27-11-5-2-6-12-27/h1-22H. The first-order chi connectivity index (χ1) is 16.9. The summed E-state index contributed by atoms with van der Waals surface area (Å²) < 4.78 is 4.66. The van der Waals surface area contributed by atoms with E-state index in [4.69, 9.17) is 0 Å². The maximum Gasteiger partial charge on any atom is 0.0548 e. The number of hydrogen-bond acceptors (Lipinski definition) is 0. The number of para-hydroxylation sites is 2. The third kappa shape index (κ3) is 2.89. The van der Waals surface area contributed by atoms with Crippen molar-refractivity contribution in [1.29, 1.82) is 0 Å². The topological polar surface area (TPSA) is 9.86 Å². The quantitative estimate of drug-likeness (QED) is 0.264. The summed E-state index contributed by atoms with van der Waals surface area (Å²) in [6.45, 7) is 0. The molecule has 7 aromatic rings. The average molecular weight is 435 g/mol. The lowest BCUT2D eigenvalue weighted by Crippen LogP contribution is -1.94. The van der Waals surface area contributed by atoms with E-state index in [2.05, 4.69) is 143 Å². The minimum Gasteiger partial charge on any atom is -0.317 e. The Hall–Kier alpha value is -4.56. The van der Waals surface area contributed by atoms with E-state index in [-0.39, 0.29) is 0 Å². The van der Waals surface area contributed by atoms with Crippen LogP contribution in [0, 0.1) is 0 Å². The van der Waals surface area contributed by atoms with E-state index < -0.39 is 0 Å². The van der Waals surface area contributed by atoms with Crippen molar-refractivity contribution in [2.75, 3.05) is 0 Å². The number of nitrogens with zero attached hydrogens (tertiary/aromatic N) is 2. The molecule has 5 aromatic carbocycles. The van der Waals surface area contributed by atoms with Crippen molar-refractivity contribution in [1.82, 2.24) is 9.13 Å². The summed E-state index contributed by atoms with van der Waals surface area (Å²) >= 11 is 0. The number of hydrogen-bond donors (Lipinski definition) is 0. The fourth-order valence-electron chi connectivity index (χ4n) is 5.12. The maximum atomic E-state index is 2.37. The second-order valence-corrected chi connectivity index (χ2v) is 8.71. The van der Waals surface area contributed by atoms with E-state index in [9.17, 15) is 0 Å². The van der Waals surface area contributed by atoms with Crippen LogP contribution in [0.1, 0.15) is 0 Å². The van der Waals surface area contributed by atoms with Gasteiger partial charge in [-0.15, -0.1) is 0 Å². The van der Waals surface area contributed by atoms with Gasteiger partial charge in [0.15, 0.2) is 0 Å². The van der Waals surface area contributed by atoms with E-state index in [1.165, 1.54) is 55.2 Å². The van der Waals surface area contributed by atoms with Gasteiger partial charge in [-0.25, -0.2) is 0 Å². The van der Waals surface area contributed by atoms with Gasteiger partial charge in [0.25, 0.3) is 0 Å². The highest BCUT2D eigenvalue weighted by Crippen LogP contribution is 2.35. The van der Waals surface area contributed by atoms with Crippen LogP contribution >= 0.6 is 0 Å². The Morgan fingerprint density at radius 3 is 1.88 bits per heavy atom. The zero-order chi connectivity index (χ0) is 22.5. The summed E-state index contributed by atoms with van der Waals surface area (Å²) in [4.78, 5) is 0. The Morgan fingerprint density at radius 2 is 1.09 bits per heavy atom. The van der Waals surface area contributed by atoms with E-state index in [0.717, 1.165) is 0 Å². The lowest BCUT2D eigenvalue weighted by molar-refractivity contribution is 1.13. The summed E-state index contributed by atoms with van der Waals surface area (Å²) in [5.74, 6) is 0.